The minimum absolute atomic E-state index is 0.140. The van der Waals surface area contributed by atoms with Gasteiger partial charge in [-0.05, 0) is 38.8 Å². The Morgan fingerprint density at radius 2 is 1.82 bits per heavy atom. The van der Waals surface area contributed by atoms with Gasteiger partial charge in [0.15, 0.2) is 5.60 Å². The summed E-state index contributed by atoms with van der Waals surface area (Å²) in [6.07, 6.45) is 4.96. The normalized spacial score (nSPS) is 55.7. The van der Waals surface area contributed by atoms with Crippen molar-refractivity contribution >= 4 is 0 Å². The van der Waals surface area contributed by atoms with Crippen LogP contribution in [-0.2, 0) is 14.5 Å². The number of aliphatic hydroxyl groups excluding tert-OH is 1. The van der Waals surface area contributed by atoms with E-state index in [0.717, 1.165) is 12.8 Å². The summed E-state index contributed by atoms with van der Waals surface area (Å²) < 4.78 is 6.02. The van der Waals surface area contributed by atoms with Crippen molar-refractivity contribution in [3.63, 3.8) is 0 Å². The van der Waals surface area contributed by atoms with E-state index in [4.69, 9.17) is 14.5 Å². The van der Waals surface area contributed by atoms with Gasteiger partial charge in [-0.1, -0.05) is 13.8 Å². The van der Waals surface area contributed by atoms with Crippen molar-refractivity contribution in [2.75, 3.05) is 0 Å². The smallest absolute Gasteiger partial charge is 0.218 e. The monoisotopic (exact) mass is 240 g/mol. The molecule has 4 aliphatic rings. The Kier molecular flexibility index (Phi) is 2.01. The first kappa shape index (κ1) is 11.7. The summed E-state index contributed by atoms with van der Waals surface area (Å²) in [5.74, 6) is -0.884. The first-order valence-corrected chi connectivity index (χ1v) is 6.20. The zero-order valence-electron chi connectivity index (χ0n) is 10.8. The lowest BCUT2D eigenvalue weighted by atomic mass is 9.56. The average Bonchev–Trinajstić information content (AvgIpc) is 2.24. The van der Waals surface area contributed by atoms with Gasteiger partial charge in [-0.2, -0.15) is 4.89 Å². The van der Waals surface area contributed by atoms with Crippen molar-refractivity contribution in [2.45, 2.75) is 63.6 Å². The van der Waals surface area contributed by atoms with E-state index in [2.05, 4.69) is 13.8 Å². The summed E-state index contributed by atoms with van der Waals surface area (Å²) in [4.78, 5) is 11.0. The molecule has 4 heteroatoms. The van der Waals surface area contributed by atoms with Crippen molar-refractivity contribution in [1.29, 1.82) is 0 Å². The second-order valence-electron chi connectivity index (χ2n) is 6.40. The number of aliphatic hydroxyl groups is 1. The molecule has 1 aliphatic carbocycles. The molecular weight excluding hydrogens is 220 g/mol. The maximum absolute atomic E-state index is 10.3. The van der Waals surface area contributed by atoms with Gasteiger partial charge in [0.05, 0.1) is 6.10 Å². The molecule has 1 saturated carbocycles. The molecule has 2 unspecified atom stereocenters. The fourth-order valence-corrected chi connectivity index (χ4v) is 3.55. The molecule has 4 rings (SSSR count). The van der Waals surface area contributed by atoms with Crippen LogP contribution in [0.2, 0.25) is 0 Å². The summed E-state index contributed by atoms with van der Waals surface area (Å²) in [7, 11) is 0. The molecule has 0 aromatic carbocycles. The van der Waals surface area contributed by atoms with Gasteiger partial charge in [-0.3, -0.25) is 0 Å². The SMILES string of the molecule is CC12C=CC3(OO1)C(C)(C)CC[C@@H](O)[C@]3(C)O2. The van der Waals surface area contributed by atoms with Crippen molar-refractivity contribution in [3.05, 3.63) is 12.2 Å². The van der Waals surface area contributed by atoms with Gasteiger partial charge in [0.25, 0.3) is 0 Å². The van der Waals surface area contributed by atoms with E-state index in [1.807, 2.05) is 19.1 Å². The Bertz CT molecular complexity index is 391. The molecule has 17 heavy (non-hydrogen) atoms. The number of rotatable bonds is 0. The summed E-state index contributed by atoms with van der Waals surface area (Å²) >= 11 is 0. The highest BCUT2D eigenvalue weighted by atomic mass is 17.3. The fraction of sp³-hybridized carbons (Fsp3) is 0.846. The van der Waals surface area contributed by atoms with Gasteiger partial charge in [0, 0.05) is 5.41 Å². The van der Waals surface area contributed by atoms with E-state index in [1.54, 1.807) is 6.92 Å². The van der Waals surface area contributed by atoms with Crippen molar-refractivity contribution in [1.82, 2.24) is 0 Å². The van der Waals surface area contributed by atoms with Crippen LogP contribution in [0, 0.1) is 5.41 Å². The Morgan fingerprint density at radius 3 is 2.41 bits per heavy atom. The summed E-state index contributed by atoms with van der Waals surface area (Å²) in [5, 5.41) is 10.3. The number of ether oxygens (including phenoxy) is 1. The molecule has 2 bridgehead atoms. The van der Waals surface area contributed by atoms with Gasteiger partial charge in [-0.25, -0.2) is 4.89 Å². The lowest BCUT2D eigenvalue weighted by molar-refractivity contribution is -0.555. The summed E-state index contributed by atoms with van der Waals surface area (Å²) in [5.41, 5.74) is -1.61. The lowest BCUT2D eigenvalue weighted by Crippen LogP contribution is -2.77. The summed E-state index contributed by atoms with van der Waals surface area (Å²) in [6, 6.07) is 0. The first-order valence-electron chi connectivity index (χ1n) is 6.20. The van der Waals surface area contributed by atoms with E-state index in [9.17, 15) is 5.11 Å². The molecule has 0 amide bonds. The van der Waals surface area contributed by atoms with E-state index >= 15 is 0 Å². The van der Waals surface area contributed by atoms with E-state index < -0.39 is 23.1 Å². The number of hydrogen-bond donors (Lipinski definition) is 1. The predicted molar refractivity (Wildman–Crippen MR) is 61.0 cm³/mol. The molecule has 1 N–H and O–H groups in total. The van der Waals surface area contributed by atoms with Gasteiger partial charge < -0.3 is 9.84 Å². The second kappa shape index (κ2) is 2.94. The maximum atomic E-state index is 10.3. The van der Waals surface area contributed by atoms with Crippen molar-refractivity contribution < 1.29 is 19.6 Å². The quantitative estimate of drug-likeness (QED) is 0.519. The second-order valence-corrected chi connectivity index (χ2v) is 6.40. The third kappa shape index (κ3) is 1.17. The number of hydrogen-bond acceptors (Lipinski definition) is 4. The molecule has 3 heterocycles. The van der Waals surface area contributed by atoms with Gasteiger partial charge in [-0.15, -0.1) is 0 Å². The van der Waals surface area contributed by atoms with E-state index in [0.29, 0.717) is 0 Å². The third-order valence-corrected chi connectivity index (χ3v) is 4.80. The molecular formula is C13H20O4. The molecule has 4 atom stereocenters. The highest BCUT2D eigenvalue weighted by Gasteiger charge is 2.71. The van der Waals surface area contributed by atoms with Crippen LogP contribution in [0.1, 0.15) is 40.5 Å². The van der Waals surface area contributed by atoms with Gasteiger partial charge in [0.1, 0.15) is 5.60 Å². The largest absolute Gasteiger partial charge is 0.390 e. The summed E-state index contributed by atoms with van der Waals surface area (Å²) in [6.45, 7) is 7.97. The van der Waals surface area contributed by atoms with Crippen LogP contribution in [-0.4, -0.2) is 28.2 Å². The molecule has 4 nitrogen and oxygen atoms in total. The van der Waals surface area contributed by atoms with Crippen LogP contribution in [0.15, 0.2) is 12.2 Å². The van der Waals surface area contributed by atoms with Gasteiger partial charge in [0.2, 0.25) is 5.79 Å². The van der Waals surface area contributed by atoms with Crippen molar-refractivity contribution in [2.24, 2.45) is 5.41 Å². The Labute approximate surface area is 101 Å². The third-order valence-electron chi connectivity index (χ3n) is 4.80. The molecule has 96 valence electrons. The minimum atomic E-state index is -0.884. The first-order chi connectivity index (χ1) is 7.75. The molecule has 2 fully saturated rings. The predicted octanol–water partition coefficient (Wildman–Crippen LogP) is 1.93. The minimum Gasteiger partial charge on any atom is -0.390 e. The Hall–Kier alpha value is -0.420. The molecule has 1 spiro atoms. The van der Waals surface area contributed by atoms with Crippen LogP contribution >= 0.6 is 0 Å². The molecule has 0 aromatic heterocycles. The zero-order valence-corrected chi connectivity index (χ0v) is 10.8. The standard InChI is InChI=1S/C13H20O4/c1-10(2)6-5-9(14)12(4)13(10)8-7-11(3,15-12)16-17-13/h7-9,14H,5-6H2,1-4H3/t9-,11?,12+,13?/m1/s1. The van der Waals surface area contributed by atoms with Crippen molar-refractivity contribution in [3.8, 4) is 0 Å². The highest BCUT2D eigenvalue weighted by molar-refractivity contribution is 5.29. The number of fused-ring (bicyclic) bond motifs is 1. The van der Waals surface area contributed by atoms with Crippen LogP contribution in [0.3, 0.4) is 0 Å². The van der Waals surface area contributed by atoms with Gasteiger partial charge >= 0.3 is 0 Å². The van der Waals surface area contributed by atoms with Crippen LogP contribution in [0.4, 0.5) is 0 Å². The van der Waals surface area contributed by atoms with Crippen LogP contribution < -0.4 is 0 Å². The fourth-order valence-electron chi connectivity index (χ4n) is 3.55. The molecule has 0 aromatic rings. The zero-order chi connectivity index (χ0) is 12.5. The lowest BCUT2D eigenvalue weighted by Gasteiger charge is -2.65. The molecule has 1 saturated heterocycles. The topological polar surface area (TPSA) is 47.9 Å². The van der Waals surface area contributed by atoms with E-state index in [1.165, 1.54) is 0 Å². The molecule has 0 radical (unpaired) electrons. The van der Waals surface area contributed by atoms with E-state index in [-0.39, 0.29) is 5.41 Å². The Morgan fingerprint density at radius 1 is 1.12 bits per heavy atom. The average molecular weight is 240 g/mol. The van der Waals surface area contributed by atoms with Crippen LogP contribution in [0.5, 0.6) is 0 Å². The highest BCUT2D eigenvalue weighted by Crippen LogP contribution is 2.60. The molecule has 3 aliphatic heterocycles. The maximum Gasteiger partial charge on any atom is 0.218 e. The van der Waals surface area contributed by atoms with Crippen LogP contribution in [0.25, 0.3) is 0 Å². The Balaban J connectivity index is 2.18.